The van der Waals surface area contributed by atoms with Crippen molar-refractivity contribution in [3.05, 3.63) is 35.9 Å². The van der Waals surface area contributed by atoms with Crippen LogP contribution in [0.2, 0.25) is 0 Å². The first kappa shape index (κ1) is 13.5. The Morgan fingerprint density at radius 1 is 1.37 bits per heavy atom. The highest BCUT2D eigenvalue weighted by Gasteiger charge is 2.26. The van der Waals surface area contributed by atoms with Crippen LogP contribution >= 0.6 is 0 Å². The molecule has 0 radical (unpaired) electrons. The van der Waals surface area contributed by atoms with Crippen molar-refractivity contribution < 1.29 is 14.7 Å². The number of amides is 2. The van der Waals surface area contributed by atoms with E-state index in [1.165, 1.54) is 4.90 Å². The van der Waals surface area contributed by atoms with Gasteiger partial charge in [-0.15, -0.1) is 0 Å². The number of aliphatic hydroxyl groups excluding tert-OH is 1. The van der Waals surface area contributed by atoms with Crippen molar-refractivity contribution in [2.75, 3.05) is 26.7 Å². The number of aliphatic hydroxyl groups is 1. The predicted molar refractivity (Wildman–Crippen MR) is 70.6 cm³/mol. The van der Waals surface area contributed by atoms with Crippen molar-refractivity contribution in [3.8, 4) is 0 Å². The van der Waals surface area contributed by atoms with Crippen LogP contribution in [0.4, 0.5) is 0 Å². The highest BCUT2D eigenvalue weighted by Crippen LogP contribution is 2.10. The number of hydrogen-bond acceptors (Lipinski definition) is 3. The van der Waals surface area contributed by atoms with E-state index < -0.39 is 6.10 Å². The molecule has 0 unspecified atom stereocenters. The molecule has 2 amide bonds. The molecule has 0 spiro atoms. The summed E-state index contributed by atoms with van der Waals surface area (Å²) in [6, 6.07) is 8.87. The molecule has 2 rings (SSSR count). The van der Waals surface area contributed by atoms with Crippen LogP contribution in [-0.4, -0.2) is 59.5 Å². The summed E-state index contributed by atoms with van der Waals surface area (Å²) in [5.41, 5.74) is 0.569. The van der Waals surface area contributed by atoms with Crippen LogP contribution in [0.1, 0.15) is 16.8 Å². The van der Waals surface area contributed by atoms with Crippen molar-refractivity contribution in [3.63, 3.8) is 0 Å². The molecule has 1 aliphatic rings. The van der Waals surface area contributed by atoms with Gasteiger partial charge in [0.25, 0.3) is 5.91 Å². The van der Waals surface area contributed by atoms with Gasteiger partial charge >= 0.3 is 0 Å². The van der Waals surface area contributed by atoms with Gasteiger partial charge in [-0.25, -0.2) is 0 Å². The molecule has 1 aliphatic heterocycles. The fourth-order valence-electron chi connectivity index (χ4n) is 2.14. The zero-order valence-electron chi connectivity index (χ0n) is 11.0. The van der Waals surface area contributed by atoms with Gasteiger partial charge in [-0.1, -0.05) is 18.2 Å². The minimum Gasteiger partial charge on any atom is -0.391 e. The molecule has 102 valence electrons. The molecule has 19 heavy (non-hydrogen) atoms. The maximum atomic E-state index is 12.1. The molecule has 1 heterocycles. The number of carbonyl (C=O) groups is 2. The predicted octanol–water partition coefficient (Wildman–Crippen LogP) is 0.352. The third-order valence-electron chi connectivity index (χ3n) is 3.26. The molecule has 1 atom stereocenters. The molecule has 5 nitrogen and oxygen atoms in total. The molecule has 0 aliphatic carbocycles. The summed E-state index contributed by atoms with van der Waals surface area (Å²) >= 11 is 0. The van der Waals surface area contributed by atoms with Gasteiger partial charge in [0.2, 0.25) is 5.91 Å². The lowest BCUT2D eigenvalue weighted by atomic mass is 10.2. The van der Waals surface area contributed by atoms with Crippen molar-refractivity contribution in [1.82, 2.24) is 9.80 Å². The molecular formula is C14H18N2O3. The Balaban J connectivity index is 1.92. The number of carbonyl (C=O) groups excluding carboxylic acids is 2. The smallest absolute Gasteiger partial charge is 0.254 e. The number of likely N-dealkylation sites (tertiary alicyclic amines) is 1. The first-order valence-electron chi connectivity index (χ1n) is 6.34. The summed E-state index contributed by atoms with van der Waals surface area (Å²) in [5.74, 6) is -0.294. The molecule has 5 heteroatoms. The molecule has 0 aromatic heterocycles. The Kier molecular flexibility index (Phi) is 4.16. The highest BCUT2D eigenvalue weighted by atomic mass is 16.3. The molecule has 1 saturated heterocycles. The molecule has 1 aromatic carbocycles. The maximum absolute atomic E-state index is 12.1. The van der Waals surface area contributed by atoms with Crippen molar-refractivity contribution >= 4 is 11.8 Å². The van der Waals surface area contributed by atoms with Crippen LogP contribution < -0.4 is 0 Å². The van der Waals surface area contributed by atoms with Crippen LogP contribution in [0.5, 0.6) is 0 Å². The number of nitrogens with zero attached hydrogens (tertiary/aromatic N) is 2. The second-order valence-electron chi connectivity index (χ2n) is 4.81. The Morgan fingerprint density at radius 3 is 2.63 bits per heavy atom. The van der Waals surface area contributed by atoms with E-state index in [0.29, 0.717) is 25.1 Å². The fraction of sp³-hybridized carbons (Fsp3) is 0.429. The molecule has 1 fully saturated rings. The number of benzene rings is 1. The second kappa shape index (κ2) is 5.84. The van der Waals surface area contributed by atoms with E-state index in [-0.39, 0.29) is 18.4 Å². The van der Waals surface area contributed by atoms with Crippen LogP contribution in [0.15, 0.2) is 30.3 Å². The van der Waals surface area contributed by atoms with E-state index in [4.69, 9.17) is 0 Å². The average molecular weight is 262 g/mol. The molecule has 1 N–H and O–H groups in total. The van der Waals surface area contributed by atoms with E-state index >= 15 is 0 Å². The van der Waals surface area contributed by atoms with Crippen LogP contribution in [0.3, 0.4) is 0 Å². The third kappa shape index (κ3) is 3.32. The molecule has 1 aromatic rings. The Labute approximate surface area is 112 Å². The Morgan fingerprint density at radius 2 is 2.05 bits per heavy atom. The van der Waals surface area contributed by atoms with Crippen LogP contribution in [0.25, 0.3) is 0 Å². The highest BCUT2D eigenvalue weighted by molar-refractivity contribution is 5.96. The fourth-order valence-corrected chi connectivity index (χ4v) is 2.14. The first-order valence-corrected chi connectivity index (χ1v) is 6.34. The SMILES string of the molecule is CN(CC(=O)N1CC[C@@H](O)C1)C(=O)c1ccccc1. The third-order valence-corrected chi connectivity index (χ3v) is 3.26. The van der Waals surface area contributed by atoms with Gasteiger partial charge in [0.1, 0.15) is 0 Å². The summed E-state index contributed by atoms with van der Waals surface area (Å²) in [7, 11) is 1.61. The molecule has 0 saturated carbocycles. The summed E-state index contributed by atoms with van der Waals surface area (Å²) in [5, 5.41) is 9.40. The minimum absolute atomic E-state index is 0.0421. The number of hydrogen-bond donors (Lipinski definition) is 1. The van der Waals surface area contributed by atoms with Gasteiger partial charge in [0, 0.05) is 25.7 Å². The number of rotatable bonds is 3. The number of β-amino-alcohol motifs (C(OH)–C–C–N with tert-alkyl or cyclic N) is 1. The lowest BCUT2D eigenvalue weighted by Crippen LogP contribution is -2.40. The van der Waals surface area contributed by atoms with Gasteiger partial charge in [0.15, 0.2) is 0 Å². The Bertz CT molecular complexity index is 461. The van der Waals surface area contributed by atoms with E-state index in [2.05, 4.69) is 0 Å². The van der Waals surface area contributed by atoms with Crippen LogP contribution in [-0.2, 0) is 4.79 Å². The monoisotopic (exact) mass is 262 g/mol. The van der Waals surface area contributed by atoms with Gasteiger partial charge in [-0.3, -0.25) is 9.59 Å². The summed E-state index contributed by atoms with van der Waals surface area (Å²) in [6.45, 7) is 0.972. The lowest BCUT2D eigenvalue weighted by molar-refractivity contribution is -0.131. The molecular weight excluding hydrogens is 244 g/mol. The van der Waals surface area contributed by atoms with Crippen molar-refractivity contribution in [1.29, 1.82) is 0 Å². The van der Waals surface area contributed by atoms with Crippen molar-refractivity contribution in [2.45, 2.75) is 12.5 Å². The summed E-state index contributed by atoms with van der Waals surface area (Å²) < 4.78 is 0. The largest absolute Gasteiger partial charge is 0.391 e. The van der Waals surface area contributed by atoms with Crippen LogP contribution in [0, 0.1) is 0 Å². The molecule has 0 bridgehead atoms. The maximum Gasteiger partial charge on any atom is 0.254 e. The van der Waals surface area contributed by atoms with E-state index in [1.54, 1.807) is 36.2 Å². The van der Waals surface area contributed by atoms with Gasteiger partial charge in [0.05, 0.1) is 12.6 Å². The second-order valence-corrected chi connectivity index (χ2v) is 4.81. The standard InChI is InChI=1S/C14H18N2O3/c1-15(14(19)11-5-3-2-4-6-11)10-13(18)16-8-7-12(17)9-16/h2-6,12,17H,7-10H2,1H3/t12-/m1/s1. The topological polar surface area (TPSA) is 60.9 Å². The quantitative estimate of drug-likeness (QED) is 0.855. The number of likely N-dealkylation sites (N-methyl/N-ethyl adjacent to an activating group) is 1. The summed E-state index contributed by atoms with van der Waals surface area (Å²) in [6.07, 6.45) is 0.182. The van der Waals surface area contributed by atoms with E-state index in [0.717, 1.165) is 0 Å². The minimum atomic E-state index is -0.431. The van der Waals surface area contributed by atoms with Gasteiger partial charge in [-0.2, -0.15) is 0 Å². The van der Waals surface area contributed by atoms with Gasteiger partial charge in [-0.05, 0) is 18.6 Å². The van der Waals surface area contributed by atoms with Gasteiger partial charge < -0.3 is 14.9 Å². The first-order chi connectivity index (χ1) is 9.08. The van der Waals surface area contributed by atoms with Crippen molar-refractivity contribution in [2.24, 2.45) is 0 Å². The van der Waals surface area contributed by atoms with E-state index in [1.807, 2.05) is 6.07 Å². The zero-order chi connectivity index (χ0) is 13.8. The summed E-state index contributed by atoms with van der Waals surface area (Å²) in [4.78, 5) is 27.0. The Hall–Kier alpha value is -1.88. The lowest BCUT2D eigenvalue weighted by Gasteiger charge is -2.21. The normalized spacial score (nSPS) is 18.4. The average Bonchev–Trinajstić information content (AvgIpc) is 2.85. The zero-order valence-corrected chi connectivity index (χ0v) is 11.0. The van der Waals surface area contributed by atoms with E-state index in [9.17, 15) is 14.7 Å².